The molecule has 9 atom stereocenters. The highest BCUT2D eigenvalue weighted by Gasteiger charge is 2.67. The lowest BCUT2D eigenvalue weighted by Gasteiger charge is -2.60. The number of esters is 1. The molecule has 0 radical (unpaired) electrons. The first kappa shape index (κ1) is 20.9. The molecule has 0 bridgehead atoms. The number of carbonyl (C=O) groups is 1. The quantitative estimate of drug-likeness (QED) is 0.313. The maximum Gasteiger partial charge on any atom is 0.303 e. The zero-order chi connectivity index (χ0) is 21.2. The van der Waals surface area contributed by atoms with Crippen molar-refractivity contribution in [3.8, 4) is 12.3 Å². The van der Waals surface area contributed by atoms with E-state index in [1.54, 1.807) is 6.08 Å². The summed E-state index contributed by atoms with van der Waals surface area (Å²) in [6, 6.07) is 0. The number of fused-ring (bicyclic) bond motifs is 5. The molecule has 0 aliphatic heterocycles. The van der Waals surface area contributed by atoms with Gasteiger partial charge in [-0.3, -0.25) is 4.79 Å². The fourth-order valence-electron chi connectivity index (χ4n) is 7.40. The van der Waals surface area contributed by atoms with Crippen molar-refractivity contribution >= 4 is 5.97 Å². The summed E-state index contributed by atoms with van der Waals surface area (Å²) in [5.74, 6) is 2.02. The Hall–Kier alpha value is -1.39. The number of aliphatic hydroxyl groups excluding tert-OH is 3. The van der Waals surface area contributed by atoms with E-state index in [1.807, 2.05) is 0 Å². The molecule has 4 unspecified atom stereocenters. The molecule has 6 heteroatoms. The third-order valence-corrected chi connectivity index (χ3v) is 8.86. The van der Waals surface area contributed by atoms with Crippen LogP contribution in [0.1, 0.15) is 52.4 Å². The average molecular weight is 405 g/mol. The highest BCUT2D eigenvalue weighted by atomic mass is 16.6. The molecule has 3 fully saturated rings. The van der Waals surface area contributed by atoms with Crippen LogP contribution in [0.15, 0.2) is 11.6 Å². The minimum atomic E-state index is -1.35. The zero-order valence-corrected chi connectivity index (χ0v) is 17.2. The fourth-order valence-corrected chi connectivity index (χ4v) is 7.40. The third-order valence-electron chi connectivity index (χ3n) is 8.86. The number of hydrogen-bond donors (Lipinski definition) is 4. The molecular weight excluding hydrogens is 372 g/mol. The Morgan fingerprint density at radius 2 is 1.93 bits per heavy atom. The summed E-state index contributed by atoms with van der Waals surface area (Å²) in [4.78, 5) is 11.4. The van der Waals surface area contributed by atoms with Gasteiger partial charge in [-0.15, -0.1) is 6.42 Å². The van der Waals surface area contributed by atoms with Crippen molar-refractivity contribution in [3.05, 3.63) is 11.6 Å². The lowest BCUT2D eigenvalue weighted by atomic mass is 9.46. The SMILES string of the molecule is C#CC1(O)CC[C@H]2[C@@H]3C(O)C=C4C(O)C(OC(C)=O)CC[C@]4(C)[C@@H]3CC[C@@]21CO. The Morgan fingerprint density at radius 3 is 2.55 bits per heavy atom. The smallest absolute Gasteiger partial charge is 0.303 e. The number of aliphatic hydroxyl groups is 4. The van der Waals surface area contributed by atoms with Crippen molar-refractivity contribution in [1.29, 1.82) is 0 Å². The van der Waals surface area contributed by atoms with Gasteiger partial charge in [0.05, 0.1) is 12.7 Å². The predicted molar refractivity (Wildman–Crippen MR) is 105 cm³/mol. The van der Waals surface area contributed by atoms with Crippen LogP contribution in [0.3, 0.4) is 0 Å². The fraction of sp³-hybridized carbons (Fsp3) is 0.783. The van der Waals surface area contributed by atoms with Crippen LogP contribution in [0.2, 0.25) is 0 Å². The third kappa shape index (κ3) is 2.68. The molecule has 3 saturated carbocycles. The Labute approximate surface area is 172 Å². The van der Waals surface area contributed by atoms with E-state index < -0.39 is 35.3 Å². The van der Waals surface area contributed by atoms with E-state index in [9.17, 15) is 25.2 Å². The van der Waals surface area contributed by atoms with Gasteiger partial charge in [-0.1, -0.05) is 18.9 Å². The van der Waals surface area contributed by atoms with Crippen LogP contribution >= 0.6 is 0 Å². The second kappa shape index (κ2) is 6.81. The number of hydrogen-bond acceptors (Lipinski definition) is 6. The molecule has 4 N–H and O–H groups in total. The number of ether oxygens (including phenoxy) is 1. The minimum absolute atomic E-state index is 0.0831. The van der Waals surface area contributed by atoms with Gasteiger partial charge in [-0.05, 0) is 67.3 Å². The molecule has 0 saturated heterocycles. The summed E-state index contributed by atoms with van der Waals surface area (Å²) in [7, 11) is 0. The zero-order valence-electron chi connectivity index (χ0n) is 17.2. The van der Waals surface area contributed by atoms with Crippen LogP contribution in [-0.4, -0.2) is 56.9 Å². The van der Waals surface area contributed by atoms with Gasteiger partial charge in [-0.25, -0.2) is 0 Å². The Balaban J connectivity index is 1.72. The summed E-state index contributed by atoms with van der Waals surface area (Å²) in [5, 5.41) is 43.5. The molecule has 0 aromatic carbocycles. The number of carbonyl (C=O) groups excluding carboxylic acids is 1. The topological polar surface area (TPSA) is 107 Å². The van der Waals surface area contributed by atoms with E-state index in [2.05, 4.69) is 12.8 Å². The van der Waals surface area contributed by atoms with Gasteiger partial charge in [0, 0.05) is 12.3 Å². The molecule has 0 spiro atoms. The van der Waals surface area contributed by atoms with Gasteiger partial charge >= 0.3 is 5.97 Å². The van der Waals surface area contributed by atoms with Crippen molar-refractivity contribution in [2.24, 2.45) is 28.6 Å². The molecule has 29 heavy (non-hydrogen) atoms. The summed E-state index contributed by atoms with van der Waals surface area (Å²) in [6.45, 7) is 3.27. The van der Waals surface area contributed by atoms with Gasteiger partial charge < -0.3 is 25.2 Å². The standard InChI is InChI=1S/C23H32O6/c1-4-23(28)10-6-15-19-14(5-9-22(15,23)12-24)21(3)8-7-18(29-13(2)25)20(27)16(21)11-17(19)26/h1,11,14-15,17-20,24,26-28H,5-10,12H2,2-3H3/t14-,15+,17?,18?,19-,20?,21-,22-,23?/m1/s1. The molecule has 4 rings (SSSR count). The largest absolute Gasteiger partial charge is 0.459 e. The van der Waals surface area contributed by atoms with E-state index in [1.165, 1.54) is 6.92 Å². The summed E-state index contributed by atoms with van der Waals surface area (Å²) in [5.41, 5.74) is -1.71. The maximum atomic E-state index is 11.4. The van der Waals surface area contributed by atoms with Crippen molar-refractivity contribution in [3.63, 3.8) is 0 Å². The lowest BCUT2D eigenvalue weighted by molar-refractivity contribution is -0.165. The Kier molecular flexibility index (Phi) is 4.90. The van der Waals surface area contributed by atoms with Crippen molar-refractivity contribution < 1.29 is 30.0 Å². The lowest BCUT2D eigenvalue weighted by Crippen LogP contribution is -2.61. The maximum absolute atomic E-state index is 11.4. The predicted octanol–water partition coefficient (Wildman–Crippen LogP) is 1.16. The van der Waals surface area contributed by atoms with E-state index >= 15 is 0 Å². The van der Waals surface area contributed by atoms with Crippen molar-refractivity contribution in [1.82, 2.24) is 0 Å². The summed E-state index contributed by atoms with van der Waals surface area (Å²) in [6.07, 6.45) is 8.81. The number of terminal acetylenes is 1. The highest BCUT2D eigenvalue weighted by molar-refractivity contribution is 5.66. The Bertz CT molecular complexity index is 770. The second-order valence-corrected chi connectivity index (χ2v) is 9.85. The summed E-state index contributed by atoms with van der Waals surface area (Å²) >= 11 is 0. The van der Waals surface area contributed by atoms with Gasteiger partial charge in [0.2, 0.25) is 0 Å². The second-order valence-electron chi connectivity index (χ2n) is 9.85. The molecule has 6 nitrogen and oxygen atoms in total. The van der Waals surface area contributed by atoms with Crippen molar-refractivity contribution in [2.75, 3.05) is 6.61 Å². The normalized spacial score (nSPS) is 51.1. The van der Waals surface area contributed by atoms with Gasteiger partial charge in [0.25, 0.3) is 0 Å². The monoisotopic (exact) mass is 404 g/mol. The molecule has 4 aliphatic carbocycles. The first-order chi connectivity index (χ1) is 13.6. The van der Waals surface area contributed by atoms with Crippen LogP contribution < -0.4 is 0 Å². The van der Waals surface area contributed by atoms with E-state index in [0.29, 0.717) is 32.1 Å². The first-order valence-electron chi connectivity index (χ1n) is 10.7. The van der Waals surface area contributed by atoms with E-state index in [0.717, 1.165) is 12.0 Å². The molecule has 4 aliphatic rings. The van der Waals surface area contributed by atoms with Crippen LogP contribution in [0.25, 0.3) is 0 Å². The molecule has 0 amide bonds. The first-order valence-corrected chi connectivity index (χ1v) is 10.7. The molecule has 0 aromatic rings. The van der Waals surface area contributed by atoms with Gasteiger partial charge in [0.1, 0.15) is 17.8 Å². The highest BCUT2D eigenvalue weighted by Crippen LogP contribution is 2.67. The Morgan fingerprint density at radius 1 is 1.24 bits per heavy atom. The average Bonchev–Trinajstić information content (AvgIpc) is 2.99. The summed E-state index contributed by atoms with van der Waals surface area (Å²) < 4.78 is 5.31. The molecule has 160 valence electrons. The van der Waals surface area contributed by atoms with Crippen LogP contribution in [0.5, 0.6) is 0 Å². The van der Waals surface area contributed by atoms with Crippen molar-refractivity contribution in [2.45, 2.75) is 76.3 Å². The minimum Gasteiger partial charge on any atom is -0.459 e. The van der Waals surface area contributed by atoms with E-state index in [4.69, 9.17) is 11.2 Å². The van der Waals surface area contributed by atoms with Crippen LogP contribution in [-0.2, 0) is 9.53 Å². The van der Waals surface area contributed by atoms with Gasteiger partial charge in [0.15, 0.2) is 0 Å². The van der Waals surface area contributed by atoms with Gasteiger partial charge in [-0.2, -0.15) is 0 Å². The number of rotatable bonds is 2. The van der Waals surface area contributed by atoms with Crippen LogP contribution in [0.4, 0.5) is 0 Å². The molecule has 0 heterocycles. The van der Waals surface area contributed by atoms with Crippen LogP contribution in [0, 0.1) is 40.9 Å². The molecular formula is C23H32O6. The molecule has 0 aromatic heterocycles. The van der Waals surface area contributed by atoms with E-state index in [-0.39, 0.29) is 29.8 Å².